The summed E-state index contributed by atoms with van der Waals surface area (Å²) in [6, 6.07) is 10.5. The Labute approximate surface area is 191 Å². The van der Waals surface area contributed by atoms with E-state index in [1.165, 1.54) is 17.2 Å². The predicted molar refractivity (Wildman–Crippen MR) is 122 cm³/mol. The Morgan fingerprint density at radius 1 is 1.15 bits per heavy atom. The van der Waals surface area contributed by atoms with Crippen LogP contribution < -0.4 is 4.90 Å². The van der Waals surface area contributed by atoms with Crippen LogP contribution in [0.1, 0.15) is 37.6 Å². The van der Waals surface area contributed by atoms with Crippen LogP contribution in [0.3, 0.4) is 0 Å². The summed E-state index contributed by atoms with van der Waals surface area (Å²) in [6.45, 7) is 6.76. The highest BCUT2D eigenvalue weighted by atomic mass is 16.7. The summed E-state index contributed by atoms with van der Waals surface area (Å²) in [5, 5.41) is 29.4. The van der Waals surface area contributed by atoms with E-state index in [4.69, 9.17) is 4.84 Å². The molecule has 0 saturated carbocycles. The molecule has 0 aromatic heterocycles. The number of anilines is 1. The van der Waals surface area contributed by atoms with Gasteiger partial charge in [-0.15, -0.1) is 5.11 Å². The highest BCUT2D eigenvalue weighted by Gasteiger charge is 2.17. The minimum Gasteiger partial charge on any atom is -0.478 e. The van der Waals surface area contributed by atoms with Crippen molar-refractivity contribution in [2.75, 3.05) is 25.0 Å². The Bertz CT molecular complexity index is 1020. The average molecular weight is 457 g/mol. The number of nitrogens with zero attached hydrogens (tertiary/aromatic N) is 5. The van der Waals surface area contributed by atoms with Gasteiger partial charge < -0.3 is 10.0 Å². The van der Waals surface area contributed by atoms with Gasteiger partial charge in [-0.05, 0) is 57.5 Å². The summed E-state index contributed by atoms with van der Waals surface area (Å²) < 4.78 is 0. The van der Waals surface area contributed by atoms with Gasteiger partial charge >= 0.3 is 5.97 Å². The Morgan fingerprint density at radius 2 is 1.82 bits per heavy atom. The van der Waals surface area contributed by atoms with E-state index < -0.39 is 16.5 Å². The van der Waals surface area contributed by atoms with Gasteiger partial charge in [0.2, 0.25) is 6.41 Å². The zero-order chi connectivity index (χ0) is 24.6. The van der Waals surface area contributed by atoms with E-state index in [0.29, 0.717) is 31.6 Å². The number of hydrogen-bond donors (Lipinski definition) is 1. The Morgan fingerprint density at radius 3 is 2.36 bits per heavy atom. The van der Waals surface area contributed by atoms with Crippen molar-refractivity contribution in [1.29, 1.82) is 0 Å². The molecule has 0 aliphatic rings. The molecule has 0 fully saturated rings. The Hall–Kier alpha value is -3.86. The van der Waals surface area contributed by atoms with Crippen LogP contribution in [0.4, 0.5) is 22.7 Å². The highest BCUT2D eigenvalue weighted by molar-refractivity contribution is 5.94. The van der Waals surface area contributed by atoms with Crippen LogP contribution >= 0.6 is 0 Å². The zero-order valence-electron chi connectivity index (χ0n) is 19.0. The number of nitro benzene ring substituents is 1. The SMILES string of the molecule is CN(CCCN(C=O)OC(C)(C)C)c1ccc(/N=N/c2ccc([N+](=O)[O-])cc2C(=O)O)cc1. The summed E-state index contributed by atoms with van der Waals surface area (Å²) in [7, 11) is 1.92. The van der Waals surface area contributed by atoms with Gasteiger partial charge in [0.05, 0.1) is 28.3 Å². The third-order valence-electron chi connectivity index (χ3n) is 4.37. The molecule has 11 nitrogen and oxygen atoms in total. The predicted octanol–water partition coefficient (Wildman–Crippen LogP) is 4.72. The normalized spacial score (nSPS) is 11.4. The number of aromatic carboxylic acids is 1. The van der Waals surface area contributed by atoms with E-state index in [-0.39, 0.29) is 16.9 Å². The number of azo groups is 1. The van der Waals surface area contributed by atoms with Crippen LogP contribution in [0.15, 0.2) is 52.7 Å². The molecule has 2 rings (SSSR count). The molecule has 0 atom stereocenters. The molecule has 0 radical (unpaired) electrons. The maximum Gasteiger partial charge on any atom is 0.338 e. The fourth-order valence-electron chi connectivity index (χ4n) is 2.85. The van der Waals surface area contributed by atoms with Gasteiger partial charge in [0.1, 0.15) is 5.69 Å². The number of benzene rings is 2. The van der Waals surface area contributed by atoms with Gasteiger partial charge in [-0.3, -0.25) is 19.7 Å². The van der Waals surface area contributed by atoms with Gasteiger partial charge in [0.25, 0.3) is 5.69 Å². The molecule has 1 N–H and O–H groups in total. The molecular formula is C22H27N5O6. The summed E-state index contributed by atoms with van der Waals surface area (Å²) in [5.74, 6) is -1.33. The second-order valence-corrected chi connectivity index (χ2v) is 8.20. The molecule has 2 aromatic rings. The third-order valence-corrected chi connectivity index (χ3v) is 4.37. The van der Waals surface area contributed by atoms with Crippen LogP contribution in [0.25, 0.3) is 0 Å². The van der Waals surface area contributed by atoms with Gasteiger partial charge in [-0.2, -0.15) is 5.11 Å². The first-order valence-corrected chi connectivity index (χ1v) is 10.2. The van der Waals surface area contributed by atoms with Crippen LogP contribution in [0.5, 0.6) is 0 Å². The fraction of sp³-hybridized carbons (Fsp3) is 0.364. The number of amides is 1. The molecule has 1 amide bonds. The average Bonchev–Trinajstić information content (AvgIpc) is 2.76. The van der Waals surface area contributed by atoms with E-state index in [1.807, 2.05) is 44.9 Å². The molecule has 33 heavy (non-hydrogen) atoms. The first kappa shape index (κ1) is 25.4. The van der Waals surface area contributed by atoms with E-state index in [0.717, 1.165) is 11.8 Å². The van der Waals surface area contributed by atoms with Crippen LogP contribution in [-0.2, 0) is 9.63 Å². The van der Waals surface area contributed by atoms with Gasteiger partial charge in [0, 0.05) is 31.4 Å². The largest absolute Gasteiger partial charge is 0.478 e. The van der Waals surface area contributed by atoms with Gasteiger partial charge in [0.15, 0.2) is 0 Å². The molecule has 0 saturated heterocycles. The van der Waals surface area contributed by atoms with Gasteiger partial charge in [-0.1, -0.05) is 0 Å². The fourth-order valence-corrected chi connectivity index (χ4v) is 2.85. The highest BCUT2D eigenvalue weighted by Crippen LogP contribution is 2.27. The number of rotatable bonds is 11. The van der Waals surface area contributed by atoms with Gasteiger partial charge in [-0.25, -0.2) is 9.86 Å². The van der Waals surface area contributed by atoms with Crippen LogP contribution in [0, 0.1) is 10.1 Å². The maximum absolute atomic E-state index is 11.4. The molecule has 0 unspecified atom stereocenters. The lowest BCUT2D eigenvalue weighted by molar-refractivity contribution is -0.384. The van der Waals surface area contributed by atoms with Crippen molar-refractivity contribution >= 4 is 35.1 Å². The molecule has 0 spiro atoms. The Balaban J connectivity index is 2.00. The van der Waals surface area contributed by atoms with Crippen LogP contribution in [-0.4, -0.2) is 53.2 Å². The number of non-ortho nitro benzene ring substituents is 1. The van der Waals surface area contributed by atoms with Crippen molar-refractivity contribution in [3.63, 3.8) is 0 Å². The van der Waals surface area contributed by atoms with Crippen molar-refractivity contribution < 1.29 is 24.5 Å². The topological polar surface area (TPSA) is 138 Å². The van der Waals surface area contributed by atoms with E-state index in [1.54, 1.807) is 12.1 Å². The quantitative estimate of drug-likeness (QED) is 0.223. The lowest BCUT2D eigenvalue weighted by Gasteiger charge is -2.27. The third kappa shape index (κ3) is 7.96. The number of hydrogen-bond acceptors (Lipinski definition) is 8. The van der Waals surface area contributed by atoms with Crippen molar-refractivity contribution in [2.24, 2.45) is 10.2 Å². The molecule has 176 valence electrons. The lowest BCUT2D eigenvalue weighted by Crippen LogP contribution is -2.35. The molecule has 0 aliphatic heterocycles. The van der Waals surface area contributed by atoms with E-state index in [2.05, 4.69) is 10.2 Å². The number of carbonyl (C=O) groups excluding carboxylic acids is 1. The standard InChI is InChI=1S/C22H27N5O6/c1-22(2,3)33-26(15-28)13-5-12-25(4)17-8-6-16(7-9-17)23-24-20-11-10-18(27(31)32)14-19(20)21(29)30/h6-11,14-15H,5,12-13H2,1-4H3,(H,29,30)/b24-23+. The van der Waals surface area contributed by atoms with Crippen molar-refractivity contribution in [2.45, 2.75) is 32.8 Å². The first-order valence-electron chi connectivity index (χ1n) is 10.2. The molecule has 0 heterocycles. The summed E-state index contributed by atoms with van der Waals surface area (Å²) in [5.41, 5.74) is 0.352. The Kier molecular flexibility index (Phi) is 8.57. The number of carboxylic acid groups (broad SMARTS) is 1. The molecular weight excluding hydrogens is 430 g/mol. The van der Waals surface area contributed by atoms with E-state index >= 15 is 0 Å². The summed E-state index contributed by atoms with van der Waals surface area (Å²) in [4.78, 5) is 40.3. The number of carbonyl (C=O) groups is 2. The number of hydroxylamine groups is 2. The van der Waals surface area contributed by atoms with Crippen molar-refractivity contribution in [3.05, 3.63) is 58.1 Å². The minimum atomic E-state index is -1.33. The summed E-state index contributed by atoms with van der Waals surface area (Å²) in [6.07, 6.45) is 1.37. The second-order valence-electron chi connectivity index (χ2n) is 8.20. The van der Waals surface area contributed by atoms with Crippen LogP contribution in [0.2, 0.25) is 0 Å². The number of carboxylic acids is 1. The minimum absolute atomic E-state index is 0.0199. The van der Waals surface area contributed by atoms with Crippen molar-refractivity contribution in [3.8, 4) is 0 Å². The molecule has 0 aliphatic carbocycles. The summed E-state index contributed by atoms with van der Waals surface area (Å²) >= 11 is 0. The maximum atomic E-state index is 11.4. The van der Waals surface area contributed by atoms with Crippen molar-refractivity contribution in [1.82, 2.24) is 5.06 Å². The monoisotopic (exact) mass is 457 g/mol. The first-order chi connectivity index (χ1) is 15.5. The zero-order valence-corrected chi connectivity index (χ0v) is 19.0. The van der Waals surface area contributed by atoms with E-state index in [9.17, 15) is 24.8 Å². The molecule has 2 aromatic carbocycles. The molecule has 0 bridgehead atoms. The number of nitro groups is 1. The smallest absolute Gasteiger partial charge is 0.338 e. The lowest BCUT2D eigenvalue weighted by atomic mass is 10.1. The second kappa shape index (κ2) is 11.1. The molecule has 11 heteroatoms.